The molecule has 0 bridgehead atoms. The van der Waals surface area contributed by atoms with E-state index in [-0.39, 0.29) is 5.60 Å². The highest BCUT2D eigenvalue weighted by atomic mass is 16.5. The zero-order valence-electron chi connectivity index (χ0n) is 13.0. The van der Waals surface area contributed by atoms with Gasteiger partial charge in [0.25, 0.3) is 0 Å². The lowest BCUT2D eigenvalue weighted by Crippen LogP contribution is -2.54. The van der Waals surface area contributed by atoms with Crippen LogP contribution in [0.2, 0.25) is 0 Å². The first-order valence-electron chi connectivity index (χ1n) is 8.93. The summed E-state index contributed by atoms with van der Waals surface area (Å²) >= 11 is 0. The Kier molecular flexibility index (Phi) is 5.00. The van der Waals surface area contributed by atoms with Crippen LogP contribution in [0.25, 0.3) is 0 Å². The molecule has 2 aliphatic heterocycles. The fourth-order valence-corrected chi connectivity index (χ4v) is 4.84. The van der Waals surface area contributed by atoms with Crippen molar-refractivity contribution in [2.45, 2.75) is 88.3 Å². The van der Waals surface area contributed by atoms with Crippen LogP contribution < -0.4 is 5.73 Å². The summed E-state index contributed by atoms with van der Waals surface area (Å²) < 4.78 is 6.27. The molecule has 3 nitrogen and oxygen atoms in total. The minimum Gasteiger partial charge on any atom is -0.375 e. The zero-order chi connectivity index (χ0) is 13.8. The lowest BCUT2D eigenvalue weighted by molar-refractivity contribution is -0.130. The van der Waals surface area contributed by atoms with Crippen LogP contribution in [-0.2, 0) is 4.74 Å². The molecule has 2 N–H and O–H groups in total. The van der Waals surface area contributed by atoms with Crippen LogP contribution in [0, 0.1) is 0 Å². The Morgan fingerprint density at radius 2 is 1.90 bits per heavy atom. The molecule has 3 heteroatoms. The van der Waals surface area contributed by atoms with Crippen molar-refractivity contribution in [3.8, 4) is 0 Å². The fraction of sp³-hybridized carbons (Fsp3) is 1.00. The maximum absolute atomic E-state index is 6.27. The van der Waals surface area contributed by atoms with E-state index in [0.29, 0.717) is 0 Å². The van der Waals surface area contributed by atoms with Gasteiger partial charge >= 0.3 is 0 Å². The Balaban J connectivity index is 1.65. The largest absolute Gasteiger partial charge is 0.375 e. The van der Waals surface area contributed by atoms with Gasteiger partial charge in [0.2, 0.25) is 0 Å². The number of rotatable bonds is 3. The smallest absolute Gasteiger partial charge is 0.0697 e. The van der Waals surface area contributed by atoms with Crippen molar-refractivity contribution in [1.29, 1.82) is 0 Å². The van der Waals surface area contributed by atoms with Gasteiger partial charge in [0.05, 0.1) is 5.60 Å². The first-order chi connectivity index (χ1) is 9.83. The average molecular weight is 280 g/mol. The van der Waals surface area contributed by atoms with E-state index in [1.807, 2.05) is 0 Å². The van der Waals surface area contributed by atoms with Crippen LogP contribution in [0.4, 0.5) is 0 Å². The molecule has 3 aliphatic rings. The molecule has 2 saturated heterocycles. The minimum atomic E-state index is 0.242. The first kappa shape index (κ1) is 14.8. The van der Waals surface area contributed by atoms with E-state index in [0.717, 1.165) is 25.2 Å². The number of nitrogens with two attached hydrogens (primary N) is 1. The Hall–Kier alpha value is -0.120. The Bertz CT molecular complexity index is 294. The summed E-state index contributed by atoms with van der Waals surface area (Å²) in [5.41, 5.74) is 6.08. The van der Waals surface area contributed by atoms with Crippen LogP contribution in [0.3, 0.4) is 0 Å². The minimum absolute atomic E-state index is 0.242. The van der Waals surface area contributed by atoms with Gasteiger partial charge in [0.1, 0.15) is 0 Å². The molecular formula is C17H32N2O. The first-order valence-corrected chi connectivity index (χ1v) is 8.93. The summed E-state index contributed by atoms with van der Waals surface area (Å²) in [4.78, 5) is 2.81. The lowest BCUT2D eigenvalue weighted by Gasteiger charge is -2.49. The molecule has 116 valence electrons. The predicted molar refractivity (Wildman–Crippen MR) is 82.8 cm³/mol. The van der Waals surface area contributed by atoms with E-state index in [1.165, 1.54) is 77.2 Å². The topological polar surface area (TPSA) is 38.5 Å². The summed E-state index contributed by atoms with van der Waals surface area (Å²) in [6, 6.07) is 1.51. The lowest BCUT2D eigenvalue weighted by atomic mass is 9.77. The number of nitrogens with zero attached hydrogens (tertiary/aromatic N) is 1. The van der Waals surface area contributed by atoms with Crippen molar-refractivity contribution in [1.82, 2.24) is 4.90 Å². The molecule has 1 spiro atoms. The second kappa shape index (κ2) is 6.76. The third kappa shape index (κ3) is 3.20. The number of ether oxygens (including phenoxy) is 1. The highest BCUT2D eigenvalue weighted by Gasteiger charge is 2.41. The van der Waals surface area contributed by atoms with Gasteiger partial charge in [-0.25, -0.2) is 0 Å². The highest BCUT2D eigenvalue weighted by molar-refractivity contribution is 4.95. The van der Waals surface area contributed by atoms with Gasteiger partial charge in [0, 0.05) is 18.7 Å². The molecule has 2 unspecified atom stereocenters. The molecule has 0 radical (unpaired) electrons. The van der Waals surface area contributed by atoms with Crippen molar-refractivity contribution in [2.75, 3.05) is 19.7 Å². The molecule has 0 aromatic heterocycles. The number of piperidine rings is 1. The molecule has 0 aromatic rings. The standard InChI is InChI=1S/C17H32N2O/c18-11-7-15-6-2-5-12-19(15)16-8-13-20-17(14-16)9-3-1-4-10-17/h15-16H,1-14,18H2. The number of likely N-dealkylation sites (tertiary alicyclic amines) is 1. The maximum atomic E-state index is 6.27. The van der Waals surface area contributed by atoms with Gasteiger partial charge in [-0.3, -0.25) is 4.90 Å². The van der Waals surface area contributed by atoms with Crippen molar-refractivity contribution < 1.29 is 4.74 Å². The zero-order valence-corrected chi connectivity index (χ0v) is 13.0. The third-order valence-corrected chi connectivity index (χ3v) is 5.87. The quantitative estimate of drug-likeness (QED) is 0.863. The normalized spacial score (nSPS) is 35.2. The molecule has 0 amide bonds. The van der Waals surface area contributed by atoms with Gasteiger partial charge in [-0.15, -0.1) is 0 Å². The predicted octanol–water partition coefficient (Wildman–Crippen LogP) is 3.07. The molecule has 2 heterocycles. The maximum Gasteiger partial charge on any atom is 0.0697 e. The van der Waals surface area contributed by atoms with E-state index >= 15 is 0 Å². The Morgan fingerprint density at radius 1 is 1.05 bits per heavy atom. The van der Waals surface area contributed by atoms with Crippen molar-refractivity contribution in [2.24, 2.45) is 5.73 Å². The van der Waals surface area contributed by atoms with E-state index in [2.05, 4.69) is 4.90 Å². The van der Waals surface area contributed by atoms with Crippen LogP contribution in [0.5, 0.6) is 0 Å². The van der Waals surface area contributed by atoms with E-state index in [9.17, 15) is 0 Å². The van der Waals surface area contributed by atoms with Gasteiger partial charge < -0.3 is 10.5 Å². The summed E-state index contributed by atoms with van der Waals surface area (Å²) in [7, 11) is 0. The molecule has 3 rings (SSSR count). The van der Waals surface area contributed by atoms with Crippen molar-refractivity contribution in [3.63, 3.8) is 0 Å². The van der Waals surface area contributed by atoms with Crippen molar-refractivity contribution >= 4 is 0 Å². The second-order valence-electron chi connectivity index (χ2n) is 7.20. The summed E-state index contributed by atoms with van der Waals surface area (Å²) in [5.74, 6) is 0. The third-order valence-electron chi connectivity index (χ3n) is 5.87. The monoisotopic (exact) mass is 280 g/mol. The summed E-state index contributed by atoms with van der Waals surface area (Å²) in [6.45, 7) is 3.12. The average Bonchev–Trinajstić information content (AvgIpc) is 2.49. The van der Waals surface area contributed by atoms with Crippen LogP contribution in [0.15, 0.2) is 0 Å². The molecule has 20 heavy (non-hydrogen) atoms. The van der Waals surface area contributed by atoms with Gasteiger partial charge in [-0.1, -0.05) is 25.7 Å². The fourth-order valence-electron chi connectivity index (χ4n) is 4.84. The highest BCUT2D eigenvalue weighted by Crippen LogP contribution is 2.41. The summed E-state index contributed by atoms with van der Waals surface area (Å²) in [6.07, 6.45) is 14.6. The summed E-state index contributed by atoms with van der Waals surface area (Å²) in [5, 5.41) is 0. The molecular weight excluding hydrogens is 248 g/mol. The molecule has 0 aromatic carbocycles. The molecule has 1 aliphatic carbocycles. The number of hydrogen-bond acceptors (Lipinski definition) is 3. The van der Waals surface area contributed by atoms with E-state index in [4.69, 9.17) is 10.5 Å². The Labute approximate surface area is 124 Å². The number of hydrogen-bond donors (Lipinski definition) is 1. The molecule has 2 atom stereocenters. The SMILES string of the molecule is NCCC1CCCCN1C1CCOC2(CCCCC2)C1. The Morgan fingerprint density at radius 3 is 2.70 bits per heavy atom. The van der Waals surface area contributed by atoms with Gasteiger partial charge in [-0.05, 0) is 58.0 Å². The van der Waals surface area contributed by atoms with Crippen LogP contribution in [0.1, 0.15) is 70.6 Å². The molecule has 3 fully saturated rings. The second-order valence-corrected chi connectivity index (χ2v) is 7.20. The van der Waals surface area contributed by atoms with Crippen LogP contribution >= 0.6 is 0 Å². The molecule has 1 saturated carbocycles. The van der Waals surface area contributed by atoms with Crippen molar-refractivity contribution in [3.05, 3.63) is 0 Å². The van der Waals surface area contributed by atoms with Gasteiger partial charge in [-0.2, -0.15) is 0 Å². The van der Waals surface area contributed by atoms with Gasteiger partial charge in [0.15, 0.2) is 0 Å². The van der Waals surface area contributed by atoms with E-state index < -0.39 is 0 Å². The van der Waals surface area contributed by atoms with Crippen LogP contribution in [-0.4, -0.2) is 42.3 Å². The van der Waals surface area contributed by atoms with E-state index in [1.54, 1.807) is 0 Å².